The lowest BCUT2D eigenvalue weighted by Gasteiger charge is -2.14. The predicted octanol–water partition coefficient (Wildman–Crippen LogP) is 0.734. The van der Waals surface area contributed by atoms with E-state index in [9.17, 15) is 8.42 Å². The molecule has 0 radical (unpaired) electrons. The first-order valence-electron chi connectivity index (χ1n) is 6.84. The third-order valence-electron chi connectivity index (χ3n) is 3.55. The Morgan fingerprint density at radius 2 is 2.10 bits per heavy atom. The van der Waals surface area contributed by atoms with E-state index in [-0.39, 0.29) is 23.5 Å². The van der Waals surface area contributed by atoms with E-state index in [0.29, 0.717) is 18.7 Å². The van der Waals surface area contributed by atoms with Crippen molar-refractivity contribution in [3.8, 4) is 11.8 Å². The van der Waals surface area contributed by atoms with Gasteiger partial charge in [-0.3, -0.25) is 0 Å². The van der Waals surface area contributed by atoms with Crippen LogP contribution in [0, 0.1) is 17.8 Å². The number of nitrogens with one attached hydrogen (secondary N) is 1. The SMILES string of the molecule is CC1OCCC1CNS(=O)(=O)c1ccc(C#CCO)cc1. The average Bonchev–Trinajstić information content (AvgIpc) is 2.89. The van der Waals surface area contributed by atoms with Gasteiger partial charge in [0, 0.05) is 24.6 Å². The highest BCUT2D eigenvalue weighted by Crippen LogP contribution is 2.20. The molecule has 6 heteroatoms. The molecule has 1 aliphatic heterocycles. The van der Waals surface area contributed by atoms with Gasteiger partial charge in [0.15, 0.2) is 0 Å². The third kappa shape index (κ3) is 4.29. The topological polar surface area (TPSA) is 75.6 Å². The number of sulfonamides is 1. The molecule has 1 heterocycles. The van der Waals surface area contributed by atoms with E-state index in [1.807, 2.05) is 6.92 Å². The van der Waals surface area contributed by atoms with Crippen molar-refractivity contribution in [2.45, 2.75) is 24.3 Å². The number of aliphatic hydroxyl groups excluding tert-OH is 1. The van der Waals surface area contributed by atoms with E-state index in [1.54, 1.807) is 12.1 Å². The van der Waals surface area contributed by atoms with Crippen LogP contribution in [-0.4, -0.2) is 39.4 Å². The van der Waals surface area contributed by atoms with Crippen molar-refractivity contribution in [3.63, 3.8) is 0 Å². The van der Waals surface area contributed by atoms with Gasteiger partial charge in [-0.05, 0) is 37.6 Å². The average molecular weight is 309 g/mol. The molecule has 2 N–H and O–H groups in total. The zero-order chi connectivity index (χ0) is 15.3. The molecule has 0 aliphatic carbocycles. The quantitative estimate of drug-likeness (QED) is 0.804. The van der Waals surface area contributed by atoms with Gasteiger partial charge in [-0.2, -0.15) is 0 Å². The molecule has 0 aromatic heterocycles. The maximum Gasteiger partial charge on any atom is 0.240 e. The van der Waals surface area contributed by atoms with Crippen LogP contribution in [0.2, 0.25) is 0 Å². The van der Waals surface area contributed by atoms with Crippen LogP contribution >= 0.6 is 0 Å². The molecule has 1 aromatic carbocycles. The molecular formula is C15H19NO4S. The Kier molecular flexibility index (Phi) is 5.37. The van der Waals surface area contributed by atoms with E-state index in [1.165, 1.54) is 12.1 Å². The van der Waals surface area contributed by atoms with Crippen molar-refractivity contribution in [3.05, 3.63) is 29.8 Å². The number of ether oxygens (including phenoxy) is 1. The summed E-state index contributed by atoms with van der Waals surface area (Å²) in [5.74, 6) is 5.46. The van der Waals surface area contributed by atoms with Crippen LogP contribution in [-0.2, 0) is 14.8 Å². The summed E-state index contributed by atoms with van der Waals surface area (Å²) in [6.45, 7) is 2.81. The van der Waals surface area contributed by atoms with Crippen molar-refractivity contribution in [2.24, 2.45) is 5.92 Å². The number of benzene rings is 1. The van der Waals surface area contributed by atoms with Gasteiger partial charge in [-0.15, -0.1) is 0 Å². The van der Waals surface area contributed by atoms with Crippen LogP contribution < -0.4 is 4.72 Å². The second-order valence-electron chi connectivity index (χ2n) is 4.96. The van der Waals surface area contributed by atoms with E-state index in [4.69, 9.17) is 9.84 Å². The van der Waals surface area contributed by atoms with Gasteiger partial charge in [0.1, 0.15) is 6.61 Å². The predicted molar refractivity (Wildman–Crippen MR) is 79.1 cm³/mol. The first-order valence-corrected chi connectivity index (χ1v) is 8.32. The zero-order valence-corrected chi connectivity index (χ0v) is 12.7. The summed E-state index contributed by atoms with van der Waals surface area (Å²) in [5.41, 5.74) is 0.667. The molecule has 0 spiro atoms. The normalized spacial score (nSPS) is 21.8. The second kappa shape index (κ2) is 7.05. The van der Waals surface area contributed by atoms with Crippen LogP contribution in [0.15, 0.2) is 29.2 Å². The minimum absolute atomic E-state index is 0.0869. The van der Waals surface area contributed by atoms with Gasteiger partial charge in [-0.1, -0.05) is 11.8 Å². The lowest BCUT2D eigenvalue weighted by Crippen LogP contribution is -2.32. The molecule has 2 atom stereocenters. The second-order valence-corrected chi connectivity index (χ2v) is 6.73. The van der Waals surface area contributed by atoms with Gasteiger partial charge in [0.25, 0.3) is 0 Å². The highest BCUT2D eigenvalue weighted by molar-refractivity contribution is 7.89. The van der Waals surface area contributed by atoms with E-state index in [2.05, 4.69) is 16.6 Å². The molecule has 1 saturated heterocycles. The highest BCUT2D eigenvalue weighted by Gasteiger charge is 2.26. The van der Waals surface area contributed by atoms with Crippen molar-refractivity contribution in [2.75, 3.05) is 19.8 Å². The Morgan fingerprint density at radius 1 is 1.38 bits per heavy atom. The molecule has 5 nitrogen and oxygen atoms in total. The minimum Gasteiger partial charge on any atom is -0.384 e. The summed E-state index contributed by atoms with van der Waals surface area (Å²) in [6.07, 6.45) is 0.961. The maximum atomic E-state index is 12.2. The number of rotatable bonds is 4. The van der Waals surface area contributed by atoms with Gasteiger partial charge >= 0.3 is 0 Å². The molecular weight excluding hydrogens is 290 g/mol. The molecule has 21 heavy (non-hydrogen) atoms. The molecule has 114 valence electrons. The van der Waals surface area contributed by atoms with Crippen LogP contribution in [0.25, 0.3) is 0 Å². The molecule has 1 aromatic rings. The van der Waals surface area contributed by atoms with E-state index in [0.717, 1.165) is 6.42 Å². The van der Waals surface area contributed by atoms with Crippen molar-refractivity contribution in [1.82, 2.24) is 4.72 Å². The van der Waals surface area contributed by atoms with Gasteiger partial charge in [0.05, 0.1) is 11.0 Å². The maximum absolute atomic E-state index is 12.2. The Labute approximate surface area is 125 Å². The number of hydrogen-bond acceptors (Lipinski definition) is 4. The minimum atomic E-state index is -3.51. The smallest absolute Gasteiger partial charge is 0.240 e. The standard InChI is InChI=1S/C15H19NO4S/c1-12-14(8-10-20-12)11-16-21(18,19)15-6-4-13(5-7-15)3-2-9-17/h4-7,12,14,16-17H,8-11H2,1H3. The Bertz CT molecular complexity index is 628. The summed E-state index contributed by atoms with van der Waals surface area (Å²) in [5, 5.41) is 8.62. The fourth-order valence-electron chi connectivity index (χ4n) is 2.20. The van der Waals surface area contributed by atoms with Crippen LogP contribution in [0.1, 0.15) is 18.9 Å². The van der Waals surface area contributed by atoms with Crippen molar-refractivity contribution < 1.29 is 18.3 Å². The van der Waals surface area contributed by atoms with Crippen LogP contribution in [0.3, 0.4) is 0 Å². The molecule has 2 rings (SSSR count). The zero-order valence-electron chi connectivity index (χ0n) is 11.9. The Morgan fingerprint density at radius 3 is 2.67 bits per heavy atom. The summed E-state index contributed by atoms with van der Waals surface area (Å²) < 4.78 is 32.4. The van der Waals surface area contributed by atoms with Crippen molar-refractivity contribution >= 4 is 10.0 Å². The molecule has 1 aliphatic rings. The monoisotopic (exact) mass is 309 g/mol. The van der Waals surface area contributed by atoms with Crippen LogP contribution in [0.5, 0.6) is 0 Å². The molecule has 2 unspecified atom stereocenters. The fourth-order valence-corrected chi connectivity index (χ4v) is 3.30. The largest absolute Gasteiger partial charge is 0.384 e. The fraction of sp³-hybridized carbons (Fsp3) is 0.467. The number of aliphatic hydroxyl groups is 1. The molecule has 0 saturated carbocycles. The molecule has 1 fully saturated rings. The molecule has 0 amide bonds. The summed E-state index contributed by atoms with van der Waals surface area (Å²) >= 11 is 0. The van der Waals surface area contributed by atoms with Crippen LogP contribution in [0.4, 0.5) is 0 Å². The third-order valence-corrected chi connectivity index (χ3v) is 4.98. The van der Waals surface area contributed by atoms with E-state index < -0.39 is 10.0 Å². The highest BCUT2D eigenvalue weighted by atomic mass is 32.2. The first-order chi connectivity index (χ1) is 10.0. The van der Waals surface area contributed by atoms with Crippen molar-refractivity contribution in [1.29, 1.82) is 0 Å². The molecule has 0 bridgehead atoms. The van der Waals surface area contributed by atoms with Gasteiger partial charge in [-0.25, -0.2) is 13.1 Å². The summed E-state index contributed by atoms with van der Waals surface area (Å²) in [7, 11) is -3.51. The first kappa shape index (κ1) is 16.0. The Balaban J connectivity index is 2.01. The van der Waals surface area contributed by atoms with E-state index >= 15 is 0 Å². The number of hydrogen-bond donors (Lipinski definition) is 2. The Hall–Kier alpha value is -1.39. The summed E-state index contributed by atoms with van der Waals surface area (Å²) in [6, 6.07) is 6.27. The van der Waals surface area contributed by atoms with Gasteiger partial charge < -0.3 is 9.84 Å². The lowest BCUT2D eigenvalue weighted by molar-refractivity contribution is 0.107. The summed E-state index contributed by atoms with van der Waals surface area (Å²) in [4.78, 5) is 0.212. The van der Waals surface area contributed by atoms with Gasteiger partial charge in [0.2, 0.25) is 10.0 Å². The lowest BCUT2D eigenvalue weighted by atomic mass is 10.0.